The number of aryl methyl sites for hydroxylation is 1. The van der Waals surface area contributed by atoms with Crippen molar-refractivity contribution in [2.24, 2.45) is 5.92 Å². The molecule has 6 heteroatoms. The molecule has 0 unspecified atom stereocenters. The van der Waals surface area contributed by atoms with Crippen LogP contribution < -0.4 is 5.32 Å². The molecule has 4 rings (SSSR count). The summed E-state index contributed by atoms with van der Waals surface area (Å²) in [6.45, 7) is 1.23. The SMILES string of the molecule is O=C(Nc1ccccc1)[C@H]1CCCN(C(=O)CCc2nc3ccccc3s2)C1. The van der Waals surface area contributed by atoms with Crippen LogP contribution >= 0.6 is 11.3 Å². The van der Waals surface area contributed by atoms with Crippen LogP contribution in [0, 0.1) is 5.92 Å². The molecule has 0 radical (unpaired) electrons. The van der Waals surface area contributed by atoms with Gasteiger partial charge in [0.25, 0.3) is 0 Å². The maximum atomic E-state index is 12.7. The zero-order valence-corrected chi connectivity index (χ0v) is 16.5. The Morgan fingerprint density at radius 3 is 2.71 bits per heavy atom. The number of aromatic nitrogens is 1. The molecule has 0 aliphatic carbocycles. The second kappa shape index (κ2) is 8.52. The first-order valence-corrected chi connectivity index (χ1v) is 10.5. The molecule has 3 aromatic rings. The number of carbonyl (C=O) groups excluding carboxylic acids is 2. The number of para-hydroxylation sites is 2. The van der Waals surface area contributed by atoms with Gasteiger partial charge in [-0.15, -0.1) is 11.3 Å². The average Bonchev–Trinajstić information content (AvgIpc) is 3.16. The highest BCUT2D eigenvalue weighted by atomic mass is 32.1. The summed E-state index contributed by atoms with van der Waals surface area (Å²) in [5.74, 6) is -0.0494. The Morgan fingerprint density at radius 1 is 1.11 bits per heavy atom. The monoisotopic (exact) mass is 393 g/mol. The zero-order valence-electron chi connectivity index (χ0n) is 15.6. The van der Waals surface area contributed by atoms with Crippen LogP contribution in [-0.4, -0.2) is 34.8 Å². The molecule has 0 spiro atoms. The van der Waals surface area contributed by atoms with Gasteiger partial charge in [0, 0.05) is 31.6 Å². The van der Waals surface area contributed by atoms with E-state index in [4.69, 9.17) is 0 Å². The van der Waals surface area contributed by atoms with Crippen molar-refractivity contribution < 1.29 is 9.59 Å². The third-order valence-electron chi connectivity index (χ3n) is 5.08. The van der Waals surface area contributed by atoms with Gasteiger partial charge < -0.3 is 10.2 Å². The van der Waals surface area contributed by atoms with Crippen LogP contribution in [0.5, 0.6) is 0 Å². The number of hydrogen-bond acceptors (Lipinski definition) is 4. The van der Waals surface area contributed by atoms with Gasteiger partial charge in [0.1, 0.15) is 0 Å². The summed E-state index contributed by atoms with van der Waals surface area (Å²) in [5, 5.41) is 3.95. The van der Waals surface area contributed by atoms with Crippen LogP contribution in [0.3, 0.4) is 0 Å². The zero-order chi connectivity index (χ0) is 19.3. The number of likely N-dealkylation sites (tertiary alicyclic amines) is 1. The number of thiazole rings is 1. The quantitative estimate of drug-likeness (QED) is 0.710. The predicted octanol–water partition coefficient (Wildman–Crippen LogP) is 4.11. The summed E-state index contributed by atoms with van der Waals surface area (Å²) < 4.78 is 1.15. The van der Waals surface area contributed by atoms with Gasteiger partial charge in [-0.25, -0.2) is 4.98 Å². The molecule has 2 aromatic carbocycles. The fourth-order valence-corrected chi connectivity index (χ4v) is 4.55. The van der Waals surface area contributed by atoms with Gasteiger partial charge in [-0.2, -0.15) is 0 Å². The number of amides is 2. The standard InChI is InChI=1S/C22H23N3O2S/c26-21(13-12-20-24-18-10-4-5-11-19(18)28-20)25-14-6-7-16(15-25)22(27)23-17-8-2-1-3-9-17/h1-5,8-11,16H,6-7,12-15H2,(H,23,27)/t16-/m0/s1. The number of hydrogen-bond donors (Lipinski definition) is 1. The number of rotatable bonds is 5. The van der Waals surface area contributed by atoms with Crippen LogP contribution in [0.2, 0.25) is 0 Å². The van der Waals surface area contributed by atoms with E-state index < -0.39 is 0 Å². The van der Waals surface area contributed by atoms with Crippen LogP contribution in [-0.2, 0) is 16.0 Å². The maximum absolute atomic E-state index is 12.7. The van der Waals surface area contributed by atoms with E-state index >= 15 is 0 Å². The Hall–Kier alpha value is -2.73. The molecule has 5 nitrogen and oxygen atoms in total. The summed E-state index contributed by atoms with van der Waals surface area (Å²) in [7, 11) is 0. The molecule has 2 amide bonds. The van der Waals surface area contributed by atoms with Crippen molar-refractivity contribution in [3.05, 3.63) is 59.6 Å². The number of piperidine rings is 1. The van der Waals surface area contributed by atoms with E-state index in [0.29, 0.717) is 19.4 Å². The van der Waals surface area contributed by atoms with Crippen LogP contribution in [0.25, 0.3) is 10.2 Å². The highest BCUT2D eigenvalue weighted by Gasteiger charge is 2.28. The minimum absolute atomic E-state index is 0.00475. The Labute approximate surface area is 168 Å². The summed E-state index contributed by atoms with van der Waals surface area (Å²) in [4.78, 5) is 31.7. The normalized spacial score (nSPS) is 16.9. The summed E-state index contributed by atoms with van der Waals surface area (Å²) in [6.07, 6.45) is 2.77. The molecule has 1 N–H and O–H groups in total. The average molecular weight is 394 g/mol. The number of anilines is 1. The Balaban J connectivity index is 1.32. The smallest absolute Gasteiger partial charge is 0.229 e. The lowest BCUT2D eigenvalue weighted by atomic mass is 9.96. The fourth-order valence-electron chi connectivity index (χ4n) is 3.58. The van der Waals surface area contributed by atoms with Crippen molar-refractivity contribution in [3.63, 3.8) is 0 Å². The van der Waals surface area contributed by atoms with Crippen LogP contribution in [0.15, 0.2) is 54.6 Å². The molecule has 1 atom stereocenters. The minimum atomic E-state index is -0.152. The lowest BCUT2D eigenvalue weighted by Gasteiger charge is -2.32. The van der Waals surface area contributed by atoms with E-state index in [2.05, 4.69) is 16.4 Å². The van der Waals surface area contributed by atoms with Crippen molar-refractivity contribution in [3.8, 4) is 0 Å². The highest BCUT2D eigenvalue weighted by Crippen LogP contribution is 2.24. The molecule has 28 heavy (non-hydrogen) atoms. The molecule has 1 fully saturated rings. The first kappa shape index (κ1) is 18.6. The summed E-state index contributed by atoms with van der Waals surface area (Å²) >= 11 is 1.65. The molecule has 2 heterocycles. The third-order valence-corrected chi connectivity index (χ3v) is 6.17. The molecule has 0 bridgehead atoms. The Kier molecular flexibility index (Phi) is 5.67. The molecular weight excluding hydrogens is 370 g/mol. The first-order chi connectivity index (χ1) is 13.7. The molecule has 1 aromatic heterocycles. The second-order valence-electron chi connectivity index (χ2n) is 7.11. The van der Waals surface area contributed by atoms with E-state index in [1.165, 1.54) is 0 Å². The largest absolute Gasteiger partial charge is 0.342 e. The molecular formula is C22H23N3O2S. The highest BCUT2D eigenvalue weighted by molar-refractivity contribution is 7.18. The second-order valence-corrected chi connectivity index (χ2v) is 8.22. The maximum Gasteiger partial charge on any atom is 0.229 e. The lowest BCUT2D eigenvalue weighted by Crippen LogP contribution is -2.43. The van der Waals surface area contributed by atoms with Gasteiger partial charge in [0.05, 0.1) is 21.1 Å². The van der Waals surface area contributed by atoms with Crippen LogP contribution in [0.4, 0.5) is 5.69 Å². The van der Waals surface area contributed by atoms with Gasteiger partial charge in [-0.1, -0.05) is 30.3 Å². The van der Waals surface area contributed by atoms with E-state index in [-0.39, 0.29) is 17.7 Å². The van der Waals surface area contributed by atoms with Crippen LogP contribution in [0.1, 0.15) is 24.3 Å². The fraction of sp³-hybridized carbons (Fsp3) is 0.318. The van der Waals surface area contributed by atoms with E-state index in [1.54, 1.807) is 11.3 Å². The topological polar surface area (TPSA) is 62.3 Å². The molecule has 1 aliphatic rings. The van der Waals surface area contributed by atoms with E-state index in [1.807, 2.05) is 53.4 Å². The number of benzene rings is 2. The number of nitrogens with one attached hydrogen (secondary N) is 1. The number of carbonyl (C=O) groups is 2. The van der Waals surface area contributed by atoms with Crippen molar-refractivity contribution in [1.82, 2.24) is 9.88 Å². The lowest BCUT2D eigenvalue weighted by molar-refractivity contribution is -0.134. The molecule has 1 saturated heterocycles. The third kappa shape index (κ3) is 4.39. The first-order valence-electron chi connectivity index (χ1n) is 9.67. The molecule has 144 valence electrons. The van der Waals surface area contributed by atoms with E-state index in [0.717, 1.165) is 40.3 Å². The van der Waals surface area contributed by atoms with Gasteiger partial charge in [-0.05, 0) is 37.1 Å². The minimum Gasteiger partial charge on any atom is -0.342 e. The molecule has 0 saturated carbocycles. The summed E-state index contributed by atoms with van der Waals surface area (Å²) in [5.41, 5.74) is 1.79. The molecule has 1 aliphatic heterocycles. The van der Waals surface area contributed by atoms with Crippen molar-refractivity contribution in [2.45, 2.75) is 25.7 Å². The number of fused-ring (bicyclic) bond motifs is 1. The van der Waals surface area contributed by atoms with E-state index in [9.17, 15) is 9.59 Å². The van der Waals surface area contributed by atoms with Crippen molar-refractivity contribution in [2.75, 3.05) is 18.4 Å². The Bertz CT molecular complexity index is 937. The van der Waals surface area contributed by atoms with Crippen molar-refractivity contribution >= 4 is 39.1 Å². The number of nitrogens with zero attached hydrogens (tertiary/aromatic N) is 2. The summed E-state index contributed by atoms with van der Waals surface area (Å²) in [6, 6.07) is 17.5. The predicted molar refractivity (Wildman–Crippen MR) is 112 cm³/mol. The Morgan fingerprint density at radius 2 is 1.89 bits per heavy atom. The van der Waals surface area contributed by atoms with Gasteiger partial charge in [-0.3, -0.25) is 9.59 Å². The van der Waals surface area contributed by atoms with Gasteiger partial charge in [0.2, 0.25) is 11.8 Å². The van der Waals surface area contributed by atoms with Gasteiger partial charge in [0.15, 0.2) is 0 Å². The van der Waals surface area contributed by atoms with Gasteiger partial charge >= 0.3 is 0 Å². The van der Waals surface area contributed by atoms with Crippen molar-refractivity contribution in [1.29, 1.82) is 0 Å².